The third kappa shape index (κ3) is 2.17. The number of methoxy groups -OCH3 is 1. The first-order valence-electron chi connectivity index (χ1n) is 6.07. The van der Waals surface area contributed by atoms with Gasteiger partial charge in [-0.25, -0.2) is 4.98 Å². The van der Waals surface area contributed by atoms with Crippen molar-refractivity contribution < 1.29 is 14.6 Å². The highest BCUT2D eigenvalue weighted by Crippen LogP contribution is 2.34. The summed E-state index contributed by atoms with van der Waals surface area (Å²) in [7, 11) is 1.62. The van der Waals surface area contributed by atoms with Gasteiger partial charge in [-0.05, 0) is 12.1 Å². The van der Waals surface area contributed by atoms with Crippen LogP contribution in [-0.4, -0.2) is 36.3 Å². The highest BCUT2D eigenvalue weighted by molar-refractivity contribution is 7.22. The van der Waals surface area contributed by atoms with Gasteiger partial charge in [0, 0.05) is 31.6 Å². The number of amides is 1. The quantitative estimate of drug-likeness (QED) is 0.927. The van der Waals surface area contributed by atoms with Crippen molar-refractivity contribution in [2.75, 3.05) is 25.2 Å². The standard InChI is InChI=1S/C13H14N2O3S/c1-18-9-2-3-11-10(5-9)14-13(19-11)15-6-8(7-16)4-12(15)17/h2-3,5,8,16H,4,6-7H2,1H3. The van der Waals surface area contributed by atoms with E-state index in [0.717, 1.165) is 16.0 Å². The lowest BCUT2D eigenvalue weighted by molar-refractivity contribution is -0.117. The van der Waals surface area contributed by atoms with E-state index in [0.29, 0.717) is 18.1 Å². The number of nitrogens with zero attached hydrogens (tertiary/aromatic N) is 2. The molecule has 1 saturated heterocycles. The van der Waals surface area contributed by atoms with E-state index in [2.05, 4.69) is 4.98 Å². The summed E-state index contributed by atoms with van der Waals surface area (Å²) in [5.41, 5.74) is 0.833. The van der Waals surface area contributed by atoms with E-state index in [1.54, 1.807) is 12.0 Å². The fourth-order valence-corrected chi connectivity index (χ4v) is 3.20. The van der Waals surface area contributed by atoms with Crippen molar-refractivity contribution in [1.82, 2.24) is 4.98 Å². The second-order valence-electron chi connectivity index (χ2n) is 4.59. The predicted octanol–water partition coefficient (Wildman–Crippen LogP) is 1.65. The third-order valence-electron chi connectivity index (χ3n) is 3.28. The molecular formula is C13H14N2O3S. The van der Waals surface area contributed by atoms with E-state index in [-0.39, 0.29) is 18.4 Å². The Hall–Kier alpha value is -1.66. The molecular weight excluding hydrogens is 264 g/mol. The molecule has 1 aliphatic heterocycles. The maximum absolute atomic E-state index is 11.9. The number of anilines is 1. The van der Waals surface area contributed by atoms with Crippen LogP contribution >= 0.6 is 11.3 Å². The summed E-state index contributed by atoms with van der Waals surface area (Å²) in [6.45, 7) is 0.591. The molecule has 0 aliphatic carbocycles. The van der Waals surface area contributed by atoms with Crippen molar-refractivity contribution in [3.63, 3.8) is 0 Å². The fraction of sp³-hybridized carbons (Fsp3) is 0.385. The highest BCUT2D eigenvalue weighted by Gasteiger charge is 2.31. The fourth-order valence-electron chi connectivity index (χ4n) is 2.23. The van der Waals surface area contributed by atoms with E-state index in [9.17, 15) is 4.79 Å². The first-order valence-corrected chi connectivity index (χ1v) is 6.88. The number of thiazole rings is 1. The minimum absolute atomic E-state index is 0.0223. The van der Waals surface area contributed by atoms with Crippen molar-refractivity contribution in [1.29, 1.82) is 0 Å². The van der Waals surface area contributed by atoms with Crippen LogP contribution in [0, 0.1) is 5.92 Å². The number of aliphatic hydroxyl groups is 1. The Morgan fingerprint density at radius 2 is 2.42 bits per heavy atom. The molecule has 0 bridgehead atoms. The summed E-state index contributed by atoms with van der Waals surface area (Å²) in [5.74, 6) is 0.810. The Labute approximate surface area is 114 Å². The van der Waals surface area contributed by atoms with Gasteiger partial charge in [0.15, 0.2) is 5.13 Å². The van der Waals surface area contributed by atoms with Crippen LogP contribution in [0.4, 0.5) is 5.13 Å². The summed E-state index contributed by atoms with van der Waals surface area (Å²) in [6.07, 6.45) is 0.399. The molecule has 1 fully saturated rings. The molecule has 6 heteroatoms. The number of hydrogen-bond acceptors (Lipinski definition) is 5. The number of carbonyl (C=O) groups excluding carboxylic acids is 1. The SMILES string of the molecule is COc1ccc2sc(N3CC(CO)CC3=O)nc2c1. The van der Waals surface area contributed by atoms with Crippen molar-refractivity contribution in [3.8, 4) is 5.75 Å². The van der Waals surface area contributed by atoms with E-state index in [1.165, 1.54) is 11.3 Å². The molecule has 0 spiro atoms. The number of hydrogen-bond donors (Lipinski definition) is 1. The van der Waals surface area contributed by atoms with Gasteiger partial charge in [-0.15, -0.1) is 0 Å². The smallest absolute Gasteiger partial charge is 0.229 e. The molecule has 1 N–H and O–H groups in total. The normalized spacial score (nSPS) is 19.4. The summed E-state index contributed by atoms with van der Waals surface area (Å²) < 4.78 is 6.19. The molecule has 1 unspecified atom stereocenters. The van der Waals surface area contributed by atoms with Crippen LogP contribution in [0.5, 0.6) is 5.75 Å². The van der Waals surface area contributed by atoms with Gasteiger partial charge in [0.2, 0.25) is 5.91 Å². The Balaban J connectivity index is 1.95. The van der Waals surface area contributed by atoms with E-state index in [1.807, 2.05) is 18.2 Å². The van der Waals surface area contributed by atoms with Gasteiger partial charge >= 0.3 is 0 Å². The van der Waals surface area contributed by atoms with Crippen molar-refractivity contribution in [2.24, 2.45) is 5.92 Å². The largest absolute Gasteiger partial charge is 0.497 e. The van der Waals surface area contributed by atoms with Crippen LogP contribution in [0.25, 0.3) is 10.2 Å². The second kappa shape index (κ2) is 4.79. The lowest BCUT2D eigenvalue weighted by Crippen LogP contribution is -2.24. The van der Waals surface area contributed by atoms with Gasteiger partial charge < -0.3 is 9.84 Å². The summed E-state index contributed by atoms with van der Waals surface area (Å²) in [5, 5.41) is 9.84. The molecule has 0 saturated carbocycles. The maximum Gasteiger partial charge on any atom is 0.229 e. The number of benzene rings is 1. The lowest BCUT2D eigenvalue weighted by Gasteiger charge is -2.11. The van der Waals surface area contributed by atoms with Crippen LogP contribution in [0.15, 0.2) is 18.2 Å². The Morgan fingerprint density at radius 1 is 1.58 bits per heavy atom. The van der Waals surface area contributed by atoms with Gasteiger partial charge in [-0.1, -0.05) is 11.3 Å². The zero-order valence-electron chi connectivity index (χ0n) is 10.5. The Morgan fingerprint density at radius 3 is 3.11 bits per heavy atom. The molecule has 1 aromatic heterocycles. The number of ether oxygens (including phenoxy) is 1. The zero-order valence-corrected chi connectivity index (χ0v) is 11.3. The molecule has 2 heterocycles. The molecule has 1 amide bonds. The topological polar surface area (TPSA) is 62.7 Å². The lowest BCUT2D eigenvalue weighted by atomic mass is 10.1. The summed E-state index contributed by atoms with van der Waals surface area (Å²) >= 11 is 1.49. The molecule has 100 valence electrons. The first-order chi connectivity index (χ1) is 9.21. The van der Waals surface area contributed by atoms with E-state index >= 15 is 0 Å². The monoisotopic (exact) mass is 278 g/mol. The molecule has 1 aliphatic rings. The van der Waals surface area contributed by atoms with E-state index < -0.39 is 0 Å². The van der Waals surface area contributed by atoms with Crippen LogP contribution in [-0.2, 0) is 4.79 Å². The van der Waals surface area contributed by atoms with Crippen molar-refractivity contribution >= 4 is 32.6 Å². The third-order valence-corrected chi connectivity index (χ3v) is 4.34. The first kappa shape index (κ1) is 12.4. The highest BCUT2D eigenvalue weighted by atomic mass is 32.1. The number of aliphatic hydroxyl groups excluding tert-OH is 1. The Bertz CT molecular complexity index is 625. The Kier molecular flexibility index (Phi) is 3.12. The number of rotatable bonds is 3. The summed E-state index contributed by atoms with van der Waals surface area (Å²) in [6, 6.07) is 5.69. The number of fused-ring (bicyclic) bond motifs is 1. The van der Waals surface area contributed by atoms with Crippen LogP contribution in [0.1, 0.15) is 6.42 Å². The number of carbonyl (C=O) groups is 1. The average molecular weight is 278 g/mol. The van der Waals surface area contributed by atoms with Gasteiger partial charge in [0.1, 0.15) is 5.75 Å². The van der Waals surface area contributed by atoms with Crippen molar-refractivity contribution in [2.45, 2.75) is 6.42 Å². The minimum atomic E-state index is 0.0223. The van der Waals surface area contributed by atoms with Gasteiger partial charge in [-0.2, -0.15) is 0 Å². The molecule has 1 aromatic carbocycles. The zero-order chi connectivity index (χ0) is 13.4. The number of aromatic nitrogens is 1. The molecule has 5 nitrogen and oxygen atoms in total. The maximum atomic E-state index is 11.9. The predicted molar refractivity (Wildman–Crippen MR) is 73.7 cm³/mol. The van der Waals surface area contributed by atoms with Crippen LogP contribution < -0.4 is 9.64 Å². The molecule has 0 radical (unpaired) electrons. The van der Waals surface area contributed by atoms with Crippen molar-refractivity contribution in [3.05, 3.63) is 18.2 Å². The molecule has 1 atom stereocenters. The average Bonchev–Trinajstić information content (AvgIpc) is 3.00. The van der Waals surface area contributed by atoms with Crippen LogP contribution in [0.3, 0.4) is 0 Å². The second-order valence-corrected chi connectivity index (χ2v) is 5.60. The molecule has 19 heavy (non-hydrogen) atoms. The minimum Gasteiger partial charge on any atom is -0.497 e. The van der Waals surface area contributed by atoms with E-state index in [4.69, 9.17) is 9.84 Å². The van der Waals surface area contributed by atoms with Gasteiger partial charge in [-0.3, -0.25) is 9.69 Å². The molecule has 2 aromatic rings. The van der Waals surface area contributed by atoms with Gasteiger partial charge in [0.25, 0.3) is 0 Å². The van der Waals surface area contributed by atoms with Gasteiger partial charge in [0.05, 0.1) is 17.3 Å². The molecule has 3 rings (SSSR count). The van der Waals surface area contributed by atoms with Crippen LogP contribution in [0.2, 0.25) is 0 Å². The summed E-state index contributed by atoms with van der Waals surface area (Å²) in [4.78, 5) is 18.0.